The number of para-hydroxylation sites is 1. The highest BCUT2D eigenvalue weighted by Gasteiger charge is 2.42. The van der Waals surface area contributed by atoms with E-state index >= 15 is 0 Å². The summed E-state index contributed by atoms with van der Waals surface area (Å²) < 4.78 is 2.32. The minimum atomic E-state index is 0.0390. The fraction of sp³-hybridized carbons (Fsp3) is 0.375. The zero-order valence-electron chi connectivity index (χ0n) is 16.2. The fourth-order valence-electron chi connectivity index (χ4n) is 4.12. The lowest BCUT2D eigenvalue weighted by molar-refractivity contribution is -0.401. The standard InChI is InChI=1S/C24H30N/c1-6-19(7-2)20-15-12-18(13-16-20)14-17-23-24(3,4)21-10-8-9-11-22(21)25(23)5/h8-17,19H,6-7H2,1-5H3/q+1/b17-14+. The molecular formula is C24H30N+. The van der Waals surface area contributed by atoms with Crippen LogP contribution in [0.2, 0.25) is 0 Å². The molecule has 1 heterocycles. The molecule has 0 unspecified atom stereocenters. The van der Waals surface area contributed by atoms with E-state index in [0.717, 1.165) is 0 Å². The zero-order chi connectivity index (χ0) is 18.0. The van der Waals surface area contributed by atoms with Gasteiger partial charge in [-0.15, -0.1) is 0 Å². The first-order valence-electron chi connectivity index (χ1n) is 9.47. The Balaban J connectivity index is 1.87. The highest BCUT2D eigenvalue weighted by atomic mass is 15.0. The van der Waals surface area contributed by atoms with Gasteiger partial charge in [0.2, 0.25) is 5.69 Å². The van der Waals surface area contributed by atoms with E-state index in [-0.39, 0.29) is 5.41 Å². The van der Waals surface area contributed by atoms with Gasteiger partial charge in [0.1, 0.15) is 7.05 Å². The average Bonchev–Trinajstić information content (AvgIpc) is 2.82. The van der Waals surface area contributed by atoms with E-state index in [4.69, 9.17) is 0 Å². The molecule has 25 heavy (non-hydrogen) atoms. The third-order valence-electron chi connectivity index (χ3n) is 5.77. The van der Waals surface area contributed by atoms with Crippen molar-refractivity contribution in [1.82, 2.24) is 0 Å². The second kappa shape index (κ2) is 7.00. The van der Waals surface area contributed by atoms with E-state index < -0.39 is 0 Å². The van der Waals surface area contributed by atoms with E-state index in [2.05, 4.69) is 100 Å². The molecule has 0 saturated carbocycles. The van der Waals surface area contributed by atoms with Gasteiger partial charge in [-0.25, -0.2) is 0 Å². The van der Waals surface area contributed by atoms with E-state index in [1.807, 2.05) is 0 Å². The van der Waals surface area contributed by atoms with Crippen molar-refractivity contribution in [2.45, 2.75) is 51.9 Å². The minimum Gasteiger partial charge on any atom is -0.198 e. The second-order valence-corrected chi connectivity index (χ2v) is 7.60. The van der Waals surface area contributed by atoms with Crippen molar-refractivity contribution in [3.05, 3.63) is 71.3 Å². The van der Waals surface area contributed by atoms with Crippen molar-refractivity contribution in [2.75, 3.05) is 7.05 Å². The molecule has 1 nitrogen and oxygen atoms in total. The van der Waals surface area contributed by atoms with Gasteiger partial charge in [-0.2, -0.15) is 4.58 Å². The quantitative estimate of drug-likeness (QED) is 0.564. The van der Waals surface area contributed by atoms with E-state index in [1.165, 1.54) is 40.9 Å². The minimum absolute atomic E-state index is 0.0390. The molecule has 1 aliphatic heterocycles. The number of hydrogen-bond acceptors (Lipinski definition) is 0. The van der Waals surface area contributed by atoms with Crippen LogP contribution in [0, 0.1) is 0 Å². The van der Waals surface area contributed by atoms with Gasteiger partial charge in [0.05, 0.1) is 5.41 Å². The summed E-state index contributed by atoms with van der Waals surface area (Å²) in [6.45, 7) is 9.17. The van der Waals surface area contributed by atoms with Crippen LogP contribution in [0.3, 0.4) is 0 Å². The van der Waals surface area contributed by atoms with Crippen molar-refractivity contribution < 1.29 is 4.58 Å². The largest absolute Gasteiger partial charge is 0.209 e. The monoisotopic (exact) mass is 332 g/mol. The molecule has 0 bridgehead atoms. The molecule has 0 aliphatic carbocycles. The first kappa shape index (κ1) is 17.7. The first-order valence-corrected chi connectivity index (χ1v) is 9.47. The van der Waals surface area contributed by atoms with Crippen LogP contribution in [0.25, 0.3) is 6.08 Å². The summed E-state index contributed by atoms with van der Waals surface area (Å²) in [6, 6.07) is 17.8. The summed E-state index contributed by atoms with van der Waals surface area (Å²) in [5.74, 6) is 0.682. The number of fused-ring (bicyclic) bond motifs is 1. The van der Waals surface area contributed by atoms with Crippen LogP contribution in [0.4, 0.5) is 5.69 Å². The summed E-state index contributed by atoms with van der Waals surface area (Å²) in [5, 5.41) is 0. The van der Waals surface area contributed by atoms with Crippen LogP contribution in [-0.4, -0.2) is 17.3 Å². The third-order valence-corrected chi connectivity index (χ3v) is 5.77. The van der Waals surface area contributed by atoms with Crippen molar-refractivity contribution >= 4 is 17.5 Å². The molecule has 130 valence electrons. The number of rotatable bonds is 5. The second-order valence-electron chi connectivity index (χ2n) is 7.60. The number of allylic oxidation sites excluding steroid dienone is 1. The maximum absolute atomic E-state index is 2.32. The highest BCUT2D eigenvalue weighted by Crippen LogP contribution is 2.39. The molecule has 0 atom stereocenters. The molecule has 1 aliphatic rings. The van der Waals surface area contributed by atoms with Gasteiger partial charge in [-0.3, -0.25) is 0 Å². The van der Waals surface area contributed by atoms with Gasteiger partial charge in [0, 0.05) is 17.7 Å². The molecule has 0 radical (unpaired) electrons. The summed E-state index contributed by atoms with van der Waals surface area (Å²) in [4.78, 5) is 0. The van der Waals surface area contributed by atoms with Gasteiger partial charge in [-0.1, -0.05) is 56.3 Å². The summed E-state index contributed by atoms with van der Waals surface area (Å²) in [6.07, 6.45) is 6.95. The summed E-state index contributed by atoms with van der Waals surface area (Å²) >= 11 is 0. The third kappa shape index (κ3) is 3.20. The van der Waals surface area contributed by atoms with Gasteiger partial charge in [0.25, 0.3) is 0 Å². The molecule has 0 spiro atoms. The maximum atomic E-state index is 2.32. The Morgan fingerprint density at radius 3 is 2.16 bits per heavy atom. The predicted octanol–water partition coefficient (Wildman–Crippen LogP) is 6.31. The Labute approximate surface area is 152 Å². The SMILES string of the molecule is CCC(CC)c1ccc(/C=C/C2=[N+](C)c3ccccc3C2(C)C)cc1. The zero-order valence-corrected chi connectivity index (χ0v) is 16.2. The molecule has 1 heteroatoms. The molecular weight excluding hydrogens is 302 g/mol. The van der Waals surface area contributed by atoms with Gasteiger partial charge in [0.15, 0.2) is 5.71 Å². The van der Waals surface area contributed by atoms with Crippen LogP contribution < -0.4 is 0 Å². The highest BCUT2D eigenvalue weighted by molar-refractivity contribution is 6.05. The summed E-state index contributed by atoms with van der Waals surface area (Å²) in [7, 11) is 2.17. The Hall–Kier alpha value is -2.15. The lowest BCUT2D eigenvalue weighted by Gasteiger charge is -2.15. The average molecular weight is 333 g/mol. The number of benzene rings is 2. The van der Waals surface area contributed by atoms with Crippen LogP contribution in [0.15, 0.2) is 54.6 Å². The van der Waals surface area contributed by atoms with Gasteiger partial charge in [-0.05, 0) is 49.8 Å². The Morgan fingerprint density at radius 2 is 1.56 bits per heavy atom. The lowest BCUT2D eigenvalue weighted by Crippen LogP contribution is -2.26. The van der Waals surface area contributed by atoms with Crippen molar-refractivity contribution in [3.8, 4) is 0 Å². The lowest BCUT2D eigenvalue weighted by atomic mass is 9.81. The Kier molecular flexibility index (Phi) is 4.94. The van der Waals surface area contributed by atoms with E-state index in [9.17, 15) is 0 Å². The topological polar surface area (TPSA) is 3.01 Å². The number of hydrogen-bond donors (Lipinski definition) is 0. The molecule has 0 fully saturated rings. The summed E-state index contributed by atoms with van der Waals surface area (Å²) in [5.41, 5.74) is 6.83. The van der Waals surface area contributed by atoms with Gasteiger partial charge < -0.3 is 0 Å². The Morgan fingerprint density at radius 1 is 0.920 bits per heavy atom. The normalized spacial score (nSPS) is 16.1. The van der Waals surface area contributed by atoms with Crippen LogP contribution >= 0.6 is 0 Å². The molecule has 0 aromatic heterocycles. The van der Waals surface area contributed by atoms with Crippen LogP contribution in [0.1, 0.15) is 63.1 Å². The number of nitrogens with zero attached hydrogens (tertiary/aromatic N) is 1. The van der Waals surface area contributed by atoms with Crippen molar-refractivity contribution in [2.24, 2.45) is 0 Å². The first-order chi connectivity index (χ1) is 12.0. The predicted molar refractivity (Wildman–Crippen MR) is 109 cm³/mol. The van der Waals surface area contributed by atoms with Crippen molar-refractivity contribution in [1.29, 1.82) is 0 Å². The van der Waals surface area contributed by atoms with Crippen LogP contribution in [-0.2, 0) is 5.41 Å². The molecule has 0 saturated heterocycles. The molecule has 2 aromatic carbocycles. The van der Waals surface area contributed by atoms with Gasteiger partial charge >= 0.3 is 0 Å². The molecule has 3 rings (SSSR count). The van der Waals surface area contributed by atoms with E-state index in [0.29, 0.717) is 5.92 Å². The molecule has 2 aromatic rings. The molecule has 0 N–H and O–H groups in total. The fourth-order valence-corrected chi connectivity index (χ4v) is 4.12. The van der Waals surface area contributed by atoms with Crippen molar-refractivity contribution in [3.63, 3.8) is 0 Å². The Bertz CT molecular complexity index is 802. The molecule has 0 amide bonds. The maximum Gasteiger partial charge on any atom is 0.209 e. The smallest absolute Gasteiger partial charge is 0.198 e. The van der Waals surface area contributed by atoms with E-state index in [1.54, 1.807) is 0 Å². The van der Waals surface area contributed by atoms with Crippen LogP contribution in [0.5, 0.6) is 0 Å².